The third kappa shape index (κ3) is 1.66. The third-order valence-electron chi connectivity index (χ3n) is 2.51. The van der Waals surface area contributed by atoms with Gasteiger partial charge in [-0.3, -0.25) is 9.48 Å². The van der Waals surface area contributed by atoms with E-state index in [0.29, 0.717) is 18.1 Å². The van der Waals surface area contributed by atoms with Crippen LogP contribution in [0.3, 0.4) is 0 Å². The van der Waals surface area contributed by atoms with E-state index >= 15 is 0 Å². The van der Waals surface area contributed by atoms with E-state index < -0.39 is 0 Å². The predicted octanol–water partition coefficient (Wildman–Crippen LogP) is 2.17. The first-order valence-corrected chi connectivity index (χ1v) is 5.24. The Bertz CT molecular complexity index is 543. The molecule has 4 nitrogen and oxygen atoms in total. The van der Waals surface area contributed by atoms with Gasteiger partial charge in [-0.2, -0.15) is 0 Å². The van der Waals surface area contributed by atoms with Crippen LogP contribution in [0, 0.1) is 0 Å². The first kappa shape index (κ1) is 10.7. The van der Waals surface area contributed by atoms with Crippen LogP contribution in [0.1, 0.15) is 24.2 Å². The first-order chi connectivity index (χ1) is 7.63. The minimum Gasteiger partial charge on any atom is -0.476 e. The number of carbonyl (C=O) groups excluding carboxylic acids is 1. The van der Waals surface area contributed by atoms with E-state index in [1.807, 2.05) is 26.1 Å². The van der Waals surface area contributed by atoms with Gasteiger partial charge in [-0.1, -0.05) is 6.07 Å². The quantitative estimate of drug-likeness (QED) is 0.741. The number of nitrogens with zero attached hydrogens (tertiary/aromatic N) is 2. The fraction of sp³-hybridized carbons (Fsp3) is 0.333. The van der Waals surface area contributed by atoms with E-state index in [9.17, 15) is 4.79 Å². The second kappa shape index (κ2) is 3.96. The average molecular weight is 218 g/mol. The number of hydrogen-bond donors (Lipinski definition) is 0. The Morgan fingerprint density at radius 1 is 1.50 bits per heavy atom. The van der Waals surface area contributed by atoms with Gasteiger partial charge in [-0.05, 0) is 26.0 Å². The SMILES string of the molecule is CCOc1nn(C)c2cc(C(C)=O)ccc12. The van der Waals surface area contributed by atoms with Gasteiger partial charge in [0.25, 0.3) is 0 Å². The number of Topliss-reactive ketones (excluding diaryl/α,β-unsaturated/α-hetero) is 1. The molecule has 0 spiro atoms. The van der Waals surface area contributed by atoms with Crippen LogP contribution in [0.4, 0.5) is 0 Å². The lowest BCUT2D eigenvalue weighted by Gasteiger charge is -1.98. The zero-order valence-corrected chi connectivity index (χ0v) is 9.65. The molecule has 0 bridgehead atoms. The van der Waals surface area contributed by atoms with E-state index in [1.165, 1.54) is 0 Å². The fourth-order valence-corrected chi connectivity index (χ4v) is 1.69. The molecule has 1 heterocycles. The summed E-state index contributed by atoms with van der Waals surface area (Å²) in [7, 11) is 1.84. The zero-order chi connectivity index (χ0) is 11.7. The number of rotatable bonds is 3. The largest absolute Gasteiger partial charge is 0.476 e. The fourth-order valence-electron chi connectivity index (χ4n) is 1.69. The number of ether oxygens (including phenoxy) is 1. The Balaban J connectivity index is 2.61. The maximum atomic E-state index is 11.3. The van der Waals surface area contributed by atoms with E-state index in [4.69, 9.17) is 4.74 Å². The second-order valence-corrected chi connectivity index (χ2v) is 3.65. The third-order valence-corrected chi connectivity index (χ3v) is 2.51. The van der Waals surface area contributed by atoms with Crippen molar-refractivity contribution in [1.82, 2.24) is 9.78 Å². The summed E-state index contributed by atoms with van der Waals surface area (Å²) >= 11 is 0. The van der Waals surface area contributed by atoms with Crippen molar-refractivity contribution in [2.24, 2.45) is 7.05 Å². The molecular weight excluding hydrogens is 204 g/mol. The molecule has 0 fully saturated rings. The Hall–Kier alpha value is -1.84. The van der Waals surface area contributed by atoms with Crippen LogP contribution >= 0.6 is 0 Å². The standard InChI is InChI=1S/C12H14N2O2/c1-4-16-12-10-6-5-9(8(2)15)7-11(10)14(3)13-12/h5-7H,4H2,1-3H3. The summed E-state index contributed by atoms with van der Waals surface area (Å²) in [5.41, 5.74) is 1.61. The molecular formula is C12H14N2O2. The molecule has 2 aromatic rings. The molecule has 0 unspecified atom stereocenters. The first-order valence-electron chi connectivity index (χ1n) is 5.24. The van der Waals surface area contributed by atoms with Crippen molar-refractivity contribution < 1.29 is 9.53 Å². The van der Waals surface area contributed by atoms with Crippen molar-refractivity contribution in [3.8, 4) is 5.88 Å². The van der Waals surface area contributed by atoms with Crippen LogP contribution in [0.15, 0.2) is 18.2 Å². The van der Waals surface area contributed by atoms with Crippen LogP contribution in [0.5, 0.6) is 5.88 Å². The normalized spacial score (nSPS) is 10.7. The maximum absolute atomic E-state index is 11.3. The van der Waals surface area contributed by atoms with E-state index in [0.717, 1.165) is 10.9 Å². The van der Waals surface area contributed by atoms with Crippen molar-refractivity contribution in [3.05, 3.63) is 23.8 Å². The topological polar surface area (TPSA) is 44.1 Å². The number of fused-ring (bicyclic) bond motifs is 1. The summed E-state index contributed by atoms with van der Waals surface area (Å²) in [4.78, 5) is 11.3. The predicted molar refractivity (Wildman–Crippen MR) is 61.9 cm³/mol. The summed E-state index contributed by atoms with van der Waals surface area (Å²) in [5, 5.41) is 5.20. The molecule has 2 rings (SSSR count). The lowest BCUT2D eigenvalue weighted by Crippen LogP contribution is -1.94. The minimum atomic E-state index is 0.0565. The lowest BCUT2D eigenvalue weighted by atomic mass is 10.1. The molecule has 0 saturated heterocycles. The molecule has 84 valence electrons. The summed E-state index contributed by atoms with van der Waals surface area (Å²) in [6, 6.07) is 5.52. The van der Waals surface area contributed by atoms with Gasteiger partial charge in [-0.15, -0.1) is 5.10 Å². The highest BCUT2D eigenvalue weighted by molar-refractivity contribution is 5.98. The monoisotopic (exact) mass is 218 g/mol. The number of aryl methyl sites for hydroxylation is 1. The molecule has 1 aromatic heterocycles. The smallest absolute Gasteiger partial charge is 0.240 e. The molecule has 1 aromatic carbocycles. The van der Waals surface area contributed by atoms with Gasteiger partial charge in [0.1, 0.15) is 0 Å². The number of hydrogen-bond acceptors (Lipinski definition) is 3. The van der Waals surface area contributed by atoms with Crippen molar-refractivity contribution in [3.63, 3.8) is 0 Å². The van der Waals surface area contributed by atoms with Gasteiger partial charge in [-0.25, -0.2) is 0 Å². The second-order valence-electron chi connectivity index (χ2n) is 3.65. The lowest BCUT2D eigenvalue weighted by molar-refractivity contribution is 0.101. The summed E-state index contributed by atoms with van der Waals surface area (Å²) in [6.45, 7) is 4.06. The molecule has 16 heavy (non-hydrogen) atoms. The molecule has 0 N–H and O–H groups in total. The van der Waals surface area contributed by atoms with E-state index in [2.05, 4.69) is 5.10 Å². The summed E-state index contributed by atoms with van der Waals surface area (Å²) in [5.74, 6) is 0.677. The van der Waals surface area contributed by atoms with Gasteiger partial charge >= 0.3 is 0 Å². The van der Waals surface area contributed by atoms with Gasteiger partial charge < -0.3 is 4.74 Å². The Labute approximate surface area is 93.8 Å². The van der Waals surface area contributed by atoms with Crippen molar-refractivity contribution in [1.29, 1.82) is 0 Å². The van der Waals surface area contributed by atoms with E-state index in [-0.39, 0.29) is 5.78 Å². The molecule has 0 radical (unpaired) electrons. The van der Waals surface area contributed by atoms with Crippen LogP contribution in [-0.2, 0) is 7.05 Å². The van der Waals surface area contributed by atoms with Gasteiger partial charge in [0, 0.05) is 12.6 Å². The molecule has 0 amide bonds. The molecule has 4 heteroatoms. The van der Waals surface area contributed by atoms with Crippen molar-refractivity contribution in [2.45, 2.75) is 13.8 Å². The highest BCUT2D eigenvalue weighted by atomic mass is 16.5. The molecule has 0 atom stereocenters. The summed E-state index contributed by atoms with van der Waals surface area (Å²) in [6.07, 6.45) is 0. The van der Waals surface area contributed by atoms with Crippen LogP contribution in [-0.4, -0.2) is 22.2 Å². The number of benzene rings is 1. The van der Waals surface area contributed by atoms with Crippen LogP contribution in [0.2, 0.25) is 0 Å². The summed E-state index contributed by atoms with van der Waals surface area (Å²) < 4.78 is 7.15. The van der Waals surface area contributed by atoms with Gasteiger partial charge in [0.05, 0.1) is 17.5 Å². The zero-order valence-electron chi connectivity index (χ0n) is 9.65. The highest BCUT2D eigenvalue weighted by Crippen LogP contribution is 2.25. The number of ketones is 1. The number of carbonyl (C=O) groups is 1. The van der Waals surface area contributed by atoms with Crippen LogP contribution in [0.25, 0.3) is 10.9 Å². The molecule has 0 aliphatic rings. The Kier molecular flexibility index (Phi) is 2.64. The molecule has 0 aliphatic heterocycles. The van der Waals surface area contributed by atoms with E-state index in [1.54, 1.807) is 17.7 Å². The molecule has 0 saturated carbocycles. The van der Waals surface area contributed by atoms with Gasteiger partial charge in [0.15, 0.2) is 5.78 Å². The van der Waals surface area contributed by atoms with Crippen molar-refractivity contribution >= 4 is 16.7 Å². The molecule has 0 aliphatic carbocycles. The Morgan fingerprint density at radius 2 is 2.25 bits per heavy atom. The van der Waals surface area contributed by atoms with Gasteiger partial charge in [0.2, 0.25) is 5.88 Å². The Morgan fingerprint density at radius 3 is 2.88 bits per heavy atom. The average Bonchev–Trinajstić information content (AvgIpc) is 2.56. The van der Waals surface area contributed by atoms with Crippen molar-refractivity contribution in [2.75, 3.05) is 6.61 Å². The minimum absolute atomic E-state index is 0.0565. The highest BCUT2D eigenvalue weighted by Gasteiger charge is 2.10. The number of aromatic nitrogens is 2. The van der Waals surface area contributed by atoms with Crippen LogP contribution < -0.4 is 4.74 Å². The maximum Gasteiger partial charge on any atom is 0.240 e.